The third-order valence-electron chi connectivity index (χ3n) is 1.42. The van der Waals surface area contributed by atoms with Gasteiger partial charge >= 0.3 is 0 Å². The van der Waals surface area contributed by atoms with Gasteiger partial charge in [-0.1, -0.05) is 0 Å². The Bertz CT molecular complexity index is 263. The van der Waals surface area contributed by atoms with Gasteiger partial charge in [-0.05, 0) is 18.2 Å². The van der Waals surface area contributed by atoms with E-state index in [2.05, 4.69) is 5.32 Å². The summed E-state index contributed by atoms with van der Waals surface area (Å²) in [6.45, 7) is -0.285. The minimum absolute atomic E-state index is 0.190. The molecular weight excluding hydrogens is 162 g/mol. The highest BCUT2D eigenvalue weighted by atomic mass is 19.1. The summed E-state index contributed by atoms with van der Waals surface area (Å²) in [6.07, 6.45) is 0. The van der Waals surface area contributed by atoms with E-state index in [1.54, 1.807) is 0 Å². The van der Waals surface area contributed by atoms with Crippen molar-refractivity contribution < 1.29 is 8.78 Å². The van der Waals surface area contributed by atoms with E-state index in [-0.39, 0.29) is 6.54 Å². The smallest absolute Gasteiger partial charge is 0.125 e. The Kier molecular flexibility index (Phi) is 2.85. The van der Waals surface area contributed by atoms with Crippen LogP contribution >= 0.6 is 0 Å². The predicted molar refractivity (Wildman–Crippen MR) is 45.3 cm³/mol. The minimum Gasteiger partial charge on any atom is -0.397 e. The highest BCUT2D eigenvalue weighted by molar-refractivity contribution is 5.65. The van der Waals surface area contributed by atoms with Crippen LogP contribution in [0.2, 0.25) is 0 Å². The number of alkyl halides is 1. The van der Waals surface area contributed by atoms with Crippen LogP contribution in [0.5, 0.6) is 0 Å². The monoisotopic (exact) mass is 172 g/mol. The summed E-state index contributed by atoms with van der Waals surface area (Å²) < 4.78 is 24.2. The Morgan fingerprint density at radius 2 is 2.17 bits per heavy atom. The molecule has 0 fully saturated rings. The highest BCUT2D eigenvalue weighted by Crippen LogP contribution is 2.18. The molecule has 0 radical (unpaired) electrons. The molecule has 0 saturated heterocycles. The molecule has 0 amide bonds. The van der Waals surface area contributed by atoms with Crippen molar-refractivity contribution in [1.82, 2.24) is 0 Å². The molecular formula is C8H10F2N2. The predicted octanol–water partition coefficient (Wildman–Crippen LogP) is 1.79. The van der Waals surface area contributed by atoms with E-state index < -0.39 is 12.5 Å². The third-order valence-corrected chi connectivity index (χ3v) is 1.42. The van der Waals surface area contributed by atoms with Gasteiger partial charge in [-0.15, -0.1) is 0 Å². The second-order valence-electron chi connectivity index (χ2n) is 2.35. The van der Waals surface area contributed by atoms with Gasteiger partial charge in [-0.2, -0.15) is 0 Å². The Labute approximate surface area is 69.4 Å². The number of nitrogen functional groups attached to an aromatic ring is 1. The SMILES string of the molecule is Nc1cc(F)ccc1NCCF. The molecule has 0 bridgehead atoms. The lowest BCUT2D eigenvalue weighted by atomic mass is 10.2. The van der Waals surface area contributed by atoms with Crippen LogP contribution in [0.1, 0.15) is 0 Å². The summed E-state index contributed by atoms with van der Waals surface area (Å²) in [5.74, 6) is -0.390. The van der Waals surface area contributed by atoms with Crippen molar-refractivity contribution in [1.29, 1.82) is 0 Å². The molecule has 4 heteroatoms. The van der Waals surface area contributed by atoms with E-state index >= 15 is 0 Å². The molecule has 0 atom stereocenters. The normalized spacial score (nSPS) is 9.83. The number of nitrogens with two attached hydrogens (primary N) is 1. The van der Waals surface area contributed by atoms with Crippen molar-refractivity contribution in [2.45, 2.75) is 0 Å². The number of hydrogen-bond acceptors (Lipinski definition) is 2. The van der Waals surface area contributed by atoms with Gasteiger partial charge in [0, 0.05) is 6.54 Å². The van der Waals surface area contributed by atoms with Crippen molar-refractivity contribution in [3.63, 3.8) is 0 Å². The first-order chi connectivity index (χ1) is 5.74. The standard InChI is InChI=1S/C8H10F2N2/c9-3-4-12-8-2-1-6(10)5-7(8)11/h1-2,5,12H,3-4,11H2. The van der Waals surface area contributed by atoms with Gasteiger partial charge in [0.2, 0.25) is 0 Å². The first kappa shape index (κ1) is 8.77. The zero-order chi connectivity index (χ0) is 8.97. The molecule has 12 heavy (non-hydrogen) atoms. The Morgan fingerprint density at radius 3 is 2.75 bits per heavy atom. The molecule has 0 aliphatic heterocycles. The molecule has 1 aromatic rings. The van der Waals surface area contributed by atoms with Gasteiger partial charge < -0.3 is 11.1 Å². The van der Waals surface area contributed by atoms with Crippen LogP contribution in [-0.2, 0) is 0 Å². The number of halogens is 2. The maximum Gasteiger partial charge on any atom is 0.125 e. The number of nitrogens with one attached hydrogen (secondary N) is 1. The van der Waals surface area contributed by atoms with Gasteiger partial charge in [0.15, 0.2) is 0 Å². The Morgan fingerprint density at radius 1 is 1.42 bits per heavy atom. The van der Waals surface area contributed by atoms with Gasteiger partial charge in [-0.3, -0.25) is 0 Å². The van der Waals surface area contributed by atoms with Gasteiger partial charge in [0.25, 0.3) is 0 Å². The van der Waals surface area contributed by atoms with E-state index in [1.807, 2.05) is 0 Å². The van der Waals surface area contributed by atoms with Crippen LogP contribution in [-0.4, -0.2) is 13.2 Å². The maximum absolute atomic E-state index is 12.5. The summed E-state index contributed by atoms with van der Waals surface area (Å²) in [5, 5.41) is 2.72. The topological polar surface area (TPSA) is 38.0 Å². The molecule has 0 saturated carbocycles. The fourth-order valence-corrected chi connectivity index (χ4v) is 0.876. The molecule has 3 N–H and O–H groups in total. The molecule has 0 unspecified atom stereocenters. The molecule has 1 aromatic carbocycles. The number of rotatable bonds is 3. The third kappa shape index (κ3) is 2.08. The van der Waals surface area contributed by atoms with E-state index in [0.717, 1.165) is 0 Å². The lowest BCUT2D eigenvalue weighted by Gasteiger charge is -2.06. The molecule has 2 nitrogen and oxygen atoms in total. The molecule has 0 heterocycles. The second kappa shape index (κ2) is 3.90. The lowest BCUT2D eigenvalue weighted by molar-refractivity contribution is 0.513. The van der Waals surface area contributed by atoms with Gasteiger partial charge in [0.05, 0.1) is 11.4 Å². The molecule has 0 aliphatic rings. The van der Waals surface area contributed by atoms with Crippen LogP contribution < -0.4 is 11.1 Å². The molecule has 0 spiro atoms. The van der Waals surface area contributed by atoms with E-state index in [4.69, 9.17) is 5.73 Å². The average molecular weight is 172 g/mol. The fourth-order valence-electron chi connectivity index (χ4n) is 0.876. The first-order valence-corrected chi connectivity index (χ1v) is 3.59. The summed E-state index contributed by atoms with van der Waals surface area (Å²) >= 11 is 0. The van der Waals surface area contributed by atoms with Crippen LogP contribution in [0.3, 0.4) is 0 Å². The summed E-state index contributed by atoms with van der Waals surface area (Å²) in [7, 11) is 0. The summed E-state index contributed by atoms with van der Waals surface area (Å²) in [4.78, 5) is 0. The van der Waals surface area contributed by atoms with Crippen molar-refractivity contribution in [2.24, 2.45) is 0 Å². The lowest BCUT2D eigenvalue weighted by Crippen LogP contribution is -2.05. The van der Waals surface area contributed by atoms with Crippen molar-refractivity contribution in [3.05, 3.63) is 24.0 Å². The second-order valence-corrected chi connectivity index (χ2v) is 2.35. The summed E-state index contributed by atoms with van der Waals surface area (Å²) in [6, 6.07) is 3.96. The number of benzene rings is 1. The largest absolute Gasteiger partial charge is 0.397 e. The number of anilines is 2. The van der Waals surface area contributed by atoms with E-state index in [1.165, 1.54) is 18.2 Å². The van der Waals surface area contributed by atoms with Gasteiger partial charge in [-0.25, -0.2) is 8.78 Å². The number of hydrogen-bond donors (Lipinski definition) is 2. The highest BCUT2D eigenvalue weighted by Gasteiger charge is 1.98. The van der Waals surface area contributed by atoms with E-state index in [0.29, 0.717) is 11.4 Å². The molecule has 66 valence electrons. The minimum atomic E-state index is -0.475. The van der Waals surface area contributed by atoms with Crippen molar-refractivity contribution >= 4 is 11.4 Å². The average Bonchev–Trinajstić information content (AvgIpc) is 2.03. The Balaban J connectivity index is 2.72. The molecule has 0 aliphatic carbocycles. The van der Waals surface area contributed by atoms with Crippen LogP contribution in [0.15, 0.2) is 18.2 Å². The van der Waals surface area contributed by atoms with Crippen LogP contribution in [0.25, 0.3) is 0 Å². The van der Waals surface area contributed by atoms with Crippen molar-refractivity contribution in [3.8, 4) is 0 Å². The summed E-state index contributed by atoms with van der Waals surface area (Å²) in [5.41, 5.74) is 6.30. The van der Waals surface area contributed by atoms with Crippen molar-refractivity contribution in [2.75, 3.05) is 24.3 Å². The van der Waals surface area contributed by atoms with Gasteiger partial charge in [0.1, 0.15) is 12.5 Å². The molecule has 1 rings (SSSR count). The van der Waals surface area contributed by atoms with E-state index in [9.17, 15) is 8.78 Å². The quantitative estimate of drug-likeness (QED) is 0.682. The van der Waals surface area contributed by atoms with Crippen LogP contribution in [0, 0.1) is 5.82 Å². The zero-order valence-electron chi connectivity index (χ0n) is 6.48. The first-order valence-electron chi connectivity index (χ1n) is 3.59. The maximum atomic E-state index is 12.5. The molecule has 0 aromatic heterocycles. The fraction of sp³-hybridized carbons (Fsp3) is 0.250. The Hall–Kier alpha value is -1.32. The van der Waals surface area contributed by atoms with Crippen LogP contribution in [0.4, 0.5) is 20.2 Å². The zero-order valence-corrected chi connectivity index (χ0v) is 6.48.